The molecule has 3 aromatic rings. The second-order valence-corrected chi connectivity index (χ2v) is 8.03. The van der Waals surface area contributed by atoms with Gasteiger partial charge in [-0.15, -0.1) is 0 Å². The van der Waals surface area contributed by atoms with Gasteiger partial charge in [-0.25, -0.2) is 4.98 Å². The minimum absolute atomic E-state index is 0.281. The first-order chi connectivity index (χ1) is 14.5. The van der Waals surface area contributed by atoms with Crippen LogP contribution in [0.3, 0.4) is 0 Å². The number of rotatable bonds is 9. The van der Waals surface area contributed by atoms with Crippen LogP contribution < -0.4 is 5.56 Å². The molecule has 0 fully saturated rings. The molecule has 0 spiro atoms. The lowest BCUT2D eigenvalue weighted by Crippen LogP contribution is -2.24. The Kier molecular flexibility index (Phi) is 7.35. The van der Waals surface area contributed by atoms with E-state index in [0.29, 0.717) is 47.4 Å². The summed E-state index contributed by atoms with van der Waals surface area (Å²) in [4.78, 5) is 32.3. The van der Waals surface area contributed by atoms with Crippen molar-refractivity contribution in [3.05, 3.63) is 74.4 Å². The summed E-state index contributed by atoms with van der Waals surface area (Å²) >= 11 is 7.14. The monoisotopic (exact) mass is 443 g/mol. The first-order valence-corrected chi connectivity index (χ1v) is 10.4. The molecule has 154 valence electrons. The Bertz CT molecular complexity index is 1180. The van der Waals surface area contributed by atoms with Crippen LogP contribution in [0.5, 0.6) is 0 Å². The molecule has 1 atom stereocenters. The molecular weight excluding hydrogens is 426 g/mol. The van der Waals surface area contributed by atoms with Crippen molar-refractivity contribution >= 4 is 40.2 Å². The van der Waals surface area contributed by atoms with Gasteiger partial charge in [-0.1, -0.05) is 53.1 Å². The number of aromatic nitrogens is 2. The van der Waals surface area contributed by atoms with Crippen LogP contribution in [0.25, 0.3) is 27.0 Å². The number of unbranched alkanes of at least 4 members (excludes halogenated alkanes) is 1. The average molecular weight is 444 g/mol. The maximum absolute atomic E-state index is 13.2. The van der Waals surface area contributed by atoms with Crippen LogP contribution in [0, 0.1) is 0 Å². The van der Waals surface area contributed by atoms with Crippen molar-refractivity contribution in [2.24, 2.45) is 5.11 Å². The Morgan fingerprint density at radius 3 is 2.80 bits per heavy atom. The predicted octanol–water partition coefficient (Wildman–Crippen LogP) is 5.07. The van der Waals surface area contributed by atoms with E-state index in [0.717, 1.165) is 11.8 Å². The fraction of sp³-hybridized carbons (Fsp3) is 0.250. The minimum Gasteiger partial charge on any atom is -0.480 e. The molecule has 30 heavy (non-hydrogen) atoms. The third kappa shape index (κ3) is 5.13. The standard InChI is InChI=1S/C20H18ClN5O3S/c21-13-6-5-7-14(12-13)26-18(27)15-8-1-2-9-16(15)24-20(26)30-17(19(28)29)10-3-4-11-23-25-22/h1-2,5-9,12,17H,3-4,10-11H2,(H,28,29). The highest BCUT2D eigenvalue weighted by molar-refractivity contribution is 8.00. The smallest absolute Gasteiger partial charge is 0.317 e. The lowest BCUT2D eigenvalue weighted by molar-refractivity contribution is -0.136. The van der Waals surface area contributed by atoms with Gasteiger partial charge in [-0.05, 0) is 48.7 Å². The van der Waals surface area contributed by atoms with E-state index in [9.17, 15) is 14.7 Å². The third-order valence-corrected chi connectivity index (χ3v) is 5.81. The highest BCUT2D eigenvalue weighted by Gasteiger charge is 2.23. The number of carboxylic acid groups (broad SMARTS) is 1. The number of hydrogen-bond acceptors (Lipinski definition) is 5. The van der Waals surface area contributed by atoms with Crippen molar-refractivity contribution in [3.63, 3.8) is 0 Å². The zero-order valence-corrected chi connectivity index (χ0v) is 17.4. The number of thioether (sulfide) groups is 1. The highest BCUT2D eigenvalue weighted by atomic mass is 35.5. The second kappa shape index (κ2) is 10.2. The van der Waals surface area contributed by atoms with Crippen molar-refractivity contribution < 1.29 is 9.90 Å². The zero-order valence-electron chi connectivity index (χ0n) is 15.8. The van der Waals surface area contributed by atoms with E-state index >= 15 is 0 Å². The number of azide groups is 1. The van der Waals surface area contributed by atoms with Crippen molar-refractivity contribution in [1.29, 1.82) is 0 Å². The quantitative estimate of drug-likeness (QED) is 0.124. The number of halogens is 1. The Morgan fingerprint density at radius 1 is 1.27 bits per heavy atom. The average Bonchev–Trinajstić information content (AvgIpc) is 2.72. The summed E-state index contributed by atoms with van der Waals surface area (Å²) in [6.07, 6.45) is 1.50. The summed E-state index contributed by atoms with van der Waals surface area (Å²) in [5.41, 5.74) is 9.06. The van der Waals surface area contributed by atoms with Gasteiger partial charge < -0.3 is 5.11 Å². The molecule has 0 aliphatic rings. The van der Waals surface area contributed by atoms with E-state index in [-0.39, 0.29) is 10.7 Å². The third-order valence-electron chi connectivity index (χ3n) is 4.37. The Balaban J connectivity index is 2.02. The molecule has 1 N–H and O–H groups in total. The first kappa shape index (κ1) is 21.7. The van der Waals surface area contributed by atoms with Gasteiger partial charge in [0.05, 0.1) is 16.6 Å². The second-order valence-electron chi connectivity index (χ2n) is 6.43. The summed E-state index contributed by atoms with van der Waals surface area (Å²) in [5, 5.41) is 13.5. The highest BCUT2D eigenvalue weighted by Crippen LogP contribution is 2.28. The predicted molar refractivity (Wildman–Crippen MR) is 117 cm³/mol. The van der Waals surface area contributed by atoms with Crippen molar-refractivity contribution in [2.45, 2.75) is 29.7 Å². The molecule has 0 saturated heterocycles. The van der Waals surface area contributed by atoms with Gasteiger partial charge in [0.1, 0.15) is 5.25 Å². The maximum Gasteiger partial charge on any atom is 0.317 e. The largest absolute Gasteiger partial charge is 0.480 e. The van der Waals surface area contributed by atoms with E-state index in [1.165, 1.54) is 4.57 Å². The fourth-order valence-electron chi connectivity index (χ4n) is 2.95. The molecule has 0 aliphatic carbocycles. The molecule has 0 saturated carbocycles. The van der Waals surface area contributed by atoms with Crippen molar-refractivity contribution in [3.8, 4) is 5.69 Å². The number of carboxylic acids is 1. The number of carbonyl (C=O) groups is 1. The number of fused-ring (bicyclic) bond motifs is 1. The molecule has 0 aliphatic heterocycles. The molecule has 2 aromatic carbocycles. The number of para-hydroxylation sites is 1. The van der Waals surface area contributed by atoms with Gasteiger partial charge >= 0.3 is 5.97 Å². The summed E-state index contributed by atoms with van der Waals surface area (Å²) in [7, 11) is 0. The van der Waals surface area contributed by atoms with Crippen LogP contribution in [0.2, 0.25) is 5.02 Å². The summed E-state index contributed by atoms with van der Waals surface area (Å²) in [5.74, 6) is -0.996. The molecule has 0 bridgehead atoms. The van der Waals surface area contributed by atoms with Gasteiger partial charge in [-0.3, -0.25) is 14.2 Å². The van der Waals surface area contributed by atoms with Crippen LogP contribution in [-0.4, -0.2) is 32.4 Å². The molecule has 8 nitrogen and oxygen atoms in total. The van der Waals surface area contributed by atoms with Crippen LogP contribution in [0.4, 0.5) is 0 Å². The molecular formula is C20H18ClN5O3S. The molecule has 0 amide bonds. The number of hydrogen-bond donors (Lipinski definition) is 1. The van der Waals surface area contributed by atoms with Gasteiger partial charge in [0.15, 0.2) is 5.16 Å². The lowest BCUT2D eigenvalue weighted by Gasteiger charge is -2.17. The fourth-order valence-corrected chi connectivity index (χ4v) is 4.22. The van der Waals surface area contributed by atoms with Gasteiger partial charge in [-0.2, -0.15) is 0 Å². The van der Waals surface area contributed by atoms with Gasteiger partial charge in [0.2, 0.25) is 0 Å². The van der Waals surface area contributed by atoms with Gasteiger partial charge in [0, 0.05) is 16.5 Å². The normalized spacial score (nSPS) is 11.8. The van der Waals surface area contributed by atoms with Crippen LogP contribution in [-0.2, 0) is 4.79 Å². The molecule has 1 unspecified atom stereocenters. The van der Waals surface area contributed by atoms with E-state index in [1.807, 2.05) is 0 Å². The van der Waals surface area contributed by atoms with Crippen LogP contribution in [0.15, 0.2) is 63.6 Å². The molecule has 10 heteroatoms. The Hall–Kier alpha value is -3.00. The molecule has 0 radical (unpaired) electrons. The van der Waals surface area contributed by atoms with E-state index in [1.54, 1.807) is 48.5 Å². The van der Waals surface area contributed by atoms with E-state index in [2.05, 4.69) is 15.0 Å². The summed E-state index contributed by atoms with van der Waals surface area (Å²) in [6, 6.07) is 13.7. The first-order valence-electron chi connectivity index (χ1n) is 9.19. The summed E-state index contributed by atoms with van der Waals surface area (Å²) < 4.78 is 1.40. The number of benzene rings is 2. The molecule has 1 aromatic heterocycles. The lowest BCUT2D eigenvalue weighted by atomic mass is 10.2. The number of aliphatic carboxylic acids is 1. The number of nitrogens with zero attached hydrogens (tertiary/aromatic N) is 5. The Labute approximate surface area is 181 Å². The van der Waals surface area contributed by atoms with E-state index in [4.69, 9.17) is 17.1 Å². The van der Waals surface area contributed by atoms with E-state index < -0.39 is 11.2 Å². The molecule has 1 heterocycles. The maximum atomic E-state index is 13.2. The van der Waals surface area contributed by atoms with Crippen molar-refractivity contribution in [1.82, 2.24) is 9.55 Å². The molecule has 3 rings (SSSR count). The van der Waals surface area contributed by atoms with Gasteiger partial charge in [0.25, 0.3) is 5.56 Å². The Morgan fingerprint density at radius 2 is 2.07 bits per heavy atom. The van der Waals surface area contributed by atoms with Crippen LogP contribution >= 0.6 is 23.4 Å². The SMILES string of the molecule is [N-]=[N+]=NCCCCC(Sc1nc2ccccc2c(=O)n1-c1cccc(Cl)c1)C(=O)O. The topological polar surface area (TPSA) is 121 Å². The summed E-state index contributed by atoms with van der Waals surface area (Å²) in [6.45, 7) is 0.314. The zero-order chi connectivity index (χ0) is 21.5. The van der Waals surface area contributed by atoms with Crippen molar-refractivity contribution in [2.75, 3.05) is 6.54 Å². The minimum atomic E-state index is -0.996. The van der Waals surface area contributed by atoms with Crippen LogP contribution in [0.1, 0.15) is 19.3 Å².